The Bertz CT molecular complexity index is 350. The molecule has 0 bridgehead atoms. The molecule has 1 fully saturated rings. The summed E-state index contributed by atoms with van der Waals surface area (Å²) in [5, 5.41) is 0. The van der Waals surface area contributed by atoms with Crippen LogP contribution in [0, 0.1) is 0 Å². The molecular formula is C14H23NO4. The first-order chi connectivity index (χ1) is 8.36. The molecule has 1 saturated heterocycles. The summed E-state index contributed by atoms with van der Waals surface area (Å²) < 4.78 is 5.25. The zero-order chi connectivity index (χ0) is 11.9. The lowest BCUT2D eigenvalue weighted by molar-refractivity contribution is 0.0452. The van der Waals surface area contributed by atoms with Crippen molar-refractivity contribution in [3.05, 3.63) is 35.9 Å². The quantitative estimate of drug-likeness (QED) is 0.752. The Morgan fingerprint density at radius 2 is 1.68 bits per heavy atom. The van der Waals surface area contributed by atoms with Crippen LogP contribution in [-0.4, -0.2) is 48.1 Å². The largest absolute Gasteiger partial charge is 0.461 e. The first kappa shape index (κ1) is 17.6. The van der Waals surface area contributed by atoms with E-state index in [1.54, 1.807) is 12.1 Å². The number of hydrogen-bond acceptors (Lipinski definition) is 3. The molecular weight excluding hydrogens is 246 g/mol. The topological polar surface area (TPSA) is 92.5 Å². The Kier molecular flexibility index (Phi) is 8.78. The molecule has 0 saturated carbocycles. The predicted molar refractivity (Wildman–Crippen MR) is 74.2 cm³/mol. The molecule has 1 aromatic rings. The minimum absolute atomic E-state index is 0. The number of hydrogen-bond donors (Lipinski definition) is 0. The summed E-state index contributed by atoms with van der Waals surface area (Å²) in [6.45, 7) is 3.64. The molecule has 0 unspecified atom stereocenters. The fourth-order valence-corrected chi connectivity index (χ4v) is 2.11. The number of benzene rings is 1. The molecule has 1 aliphatic rings. The summed E-state index contributed by atoms with van der Waals surface area (Å²) in [5.41, 5.74) is 0.631. The van der Waals surface area contributed by atoms with Crippen molar-refractivity contribution in [3.8, 4) is 0 Å². The van der Waals surface area contributed by atoms with E-state index < -0.39 is 0 Å². The molecule has 0 aliphatic carbocycles. The minimum Gasteiger partial charge on any atom is -0.461 e. The summed E-state index contributed by atoms with van der Waals surface area (Å²) >= 11 is 0. The third-order valence-electron chi connectivity index (χ3n) is 3.10. The molecule has 0 amide bonds. The maximum atomic E-state index is 11.6. The van der Waals surface area contributed by atoms with Crippen molar-refractivity contribution >= 4 is 5.97 Å². The second-order valence-corrected chi connectivity index (χ2v) is 4.40. The fourth-order valence-electron chi connectivity index (χ4n) is 2.11. The molecule has 0 aromatic heterocycles. The second kappa shape index (κ2) is 9.49. The van der Waals surface area contributed by atoms with Gasteiger partial charge in [0, 0.05) is 6.54 Å². The van der Waals surface area contributed by atoms with Crippen LogP contribution in [0.5, 0.6) is 0 Å². The van der Waals surface area contributed by atoms with Gasteiger partial charge in [0.05, 0.1) is 5.56 Å². The van der Waals surface area contributed by atoms with Crippen LogP contribution in [0.4, 0.5) is 0 Å². The smallest absolute Gasteiger partial charge is 0.338 e. The van der Waals surface area contributed by atoms with Crippen molar-refractivity contribution in [2.75, 3.05) is 26.2 Å². The molecule has 1 aromatic carbocycles. The highest BCUT2D eigenvalue weighted by Gasteiger charge is 2.11. The lowest BCUT2D eigenvalue weighted by atomic mass is 10.1. The molecule has 19 heavy (non-hydrogen) atoms. The molecule has 2 rings (SSSR count). The van der Waals surface area contributed by atoms with E-state index in [0.717, 1.165) is 19.6 Å². The van der Waals surface area contributed by atoms with Gasteiger partial charge in [0.1, 0.15) is 6.61 Å². The number of nitrogens with zero attached hydrogens (tertiary/aromatic N) is 1. The van der Waals surface area contributed by atoms with Crippen LogP contribution in [0.25, 0.3) is 0 Å². The lowest BCUT2D eigenvalue weighted by Crippen LogP contribution is -2.33. The number of ether oxygens (including phenoxy) is 1. The van der Waals surface area contributed by atoms with E-state index in [9.17, 15) is 4.79 Å². The second-order valence-electron chi connectivity index (χ2n) is 4.40. The van der Waals surface area contributed by atoms with Crippen LogP contribution >= 0.6 is 0 Å². The standard InChI is InChI=1S/C14H19NO2.2H2O/c16-14(13-7-3-1-4-8-13)17-12-11-15-9-5-2-6-10-15;;/h1,3-4,7-8H,2,5-6,9-12H2;2*1H2. The third kappa shape index (κ3) is 5.83. The highest BCUT2D eigenvalue weighted by Crippen LogP contribution is 2.08. The lowest BCUT2D eigenvalue weighted by Gasteiger charge is -2.25. The van der Waals surface area contributed by atoms with E-state index in [-0.39, 0.29) is 16.9 Å². The molecule has 0 atom stereocenters. The number of rotatable bonds is 4. The highest BCUT2D eigenvalue weighted by molar-refractivity contribution is 5.89. The van der Waals surface area contributed by atoms with E-state index in [1.165, 1.54) is 19.3 Å². The van der Waals surface area contributed by atoms with Crippen molar-refractivity contribution in [1.82, 2.24) is 4.90 Å². The van der Waals surface area contributed by atoms with Crippen molar-refractivity contribution in [1.29, 1.82) is 0 Å². The Labute approximate surface area is 113 Å². The Balaban J connectivity index is 0.00000162. The van der Waals surface area contributed by atoms with E-state index in [0.29, 0.717) is 12.2 Å². The van der Waals surface area contributed by atoms with Gasteiger partial charge in [-0.2, -0.15) is 0 Å². The van der Waals surface area contributed by atoms with Crippen LogP contribution in [0.1, 0.15) is 29.6 Å². The van der Waals surface area contributed by atoms with Crippen LogP contribution in [-0.2, 0) is 4.74 Å². The van der Waals surface area contributed by atoms with Gasteiger partial charge >= 0.3 is 5.97 Å². The number of piperidine rings is 1. The van der Waals surface area contributed by atoms with Crippen LogP contribution in [0.3, 0.4) is 0 Å². The van der Waals surface area contributed by atoms with Gasteiger partial charge in [0.2, 0.25) is 0 Å². The third-order valence-corrected chi connectivity index (χ3v) is 3.10. The SMILES string of the molecule is O.O.O=C(OCCN1CCCCC1)c1ccccc1. The maximum Gasteiger partial charge on any atom is 0.338 e. The van der Waals surface area contributed by atoms with E-state index in [1.807, 2.05) is 18.2 Å². The fraction of sp³-hybridized carbons (Fsp3) is 0.500. The van der Waals surface area contributed by atoms with Crippen LogP contribution < -0.4 is 0 Å². The Hall–Kier alpha value is -1.43. The van der Waals surface area contributed by atoms with Crippen molar-refractivity contribution in [3.63, 3.8) is 0 Å². The predicted octanol–water partition coefficient (Wildman–Crippen LogP) is 0.680. The van der Waals surface area contributed by atoms with Gasteiger partial charge in [-0.05, 0) is 38.1 Å². The van der Waals surface area contributed by atoms with Crippen molar-refractivity contribution in [2.24, 2.45) is 0 Å². The molecule has 5 nitrogen and oxygen atoms in total. The minimum atomic E-state index is -0.220. The van der Waals surface area contributed by atoms with Gasteiger partial charge in [-0.25, -0.2) is 4.79 Å². The monoisotopic (exact) mass is 269 g/mol. The van der Waals surface area contributed by atoms with Crippen molar-refractivity contribution in [2.45, 2.75) is 19.3 Å². The van der Waals surface area contributed by atoms with Crippen LogP contribution in [0.2, 0.25) is 0 Å². The summed E-state index contributed by atoms with van der Waals surface area (Å²) in [4.78, 5) is 14.0. The molecule has 4 N–H and O–H groups in total. The Morgan fingerprint density at radius 3 is 2.32 bits per heavy atom. The van der Waals surface area contributed by atoms with Gasteiger partial charge in [-0.1, -0.05) is 24.6 Å². The zero-order valence-electron chi connectivity index (χ0n) is 11.1. The van der Waals surface area contributed by atoms with Gasteiger partial charge in [-0.3, -0.25) is 4.90 Å². The zero-order valence-corrected chi connectivity index (χ0v) is 11.1. The van der Waals surface area contributed by atoms with Gasteiger partial charge in [-0.15, -0.1) is 0 Å². The first-order valence-corrected chi connectivity index (χ1v) is 6.31. The summed E-state index contributed by atoms with van der Waals surface area (Å²) in [6.07, 6.45) is 3.87. The molecule has 5 heteroatoms. The normalized spacial score (nSPS) is 14.9. The van der Waals surface area contributed by atoms with E-state index >= 15 is 0 Å². The number of likely N-dealkylation sites (tertiary alicyclic amines) is 1. The van der Waals surface area contributed by atoms with Crippen molar-refractivity contribution < 1.29 is 20.5 Å². The number of esters is 1. The number of carbonyl (C=O) groups excluding carboxylic acids is 1. The molecule has 1 heterocycles. The Morgan fingerprint density at radius 1 is 1.05 bits per heavy atom. The number of carbonyl (C=O) groups is 1. The maximum absolute atomic E-state index is 11.6. The molecule has 0 spiro atoms. The van der Waals surface area contributed by atoms with Gasteiger partial charge in [0.25, 0.3) is 0 Å². The molecule has 108 valence electrons. The highest BCUT2D eigenvalue weighted by atomic mass is 16.5. The average molecular weight is 269 g/mol. The molecule has 1 aliphatic heterocycles. The first-order valence-electron chi connectivity index (χ1n) is 6.31. The summed E-state index contributed by atoms with van der Waals surface area (Å²) in [7, 11) is 0. The average Bonchev–Trinajstić information content (AvgIpc) is 2.41. The summed E-state index contributed by atoms with van der Waals surface area (Å²) in [5.74, 6) is -0.220. The summed E-state index contributed by atoms with van der Waals surface area (Å²) in [6, 6.07) is 9.15. The molecule has 0 radical (unpaired) electrons. The van der Waals surface area contributed by atoms with Gasteiger partial charge < -0.3 is 15.7 Å². The van der Waals surface area contributed by atoms with E-state index in [2.05, 4.69) is 4.90 Å². The van der Waals surface area contributed by atoms with Gasteiger partial charge in [0.15, 0.2) is 0 Å². The van der Waals surface area contributed by atoms with Crippen LogP contribution in [0.15, 0.2) is 30.3 Å². The van der Waals surface area contributed by atoms with E-state index in [4.69, 9.17) is 4.74 Å².